The van der Waals surface area contributed by atoms with Crippen LogP contribution in [0.1, 0.15) is 34.6 Å². The van der Waals surface area contributed by atoms with Crippen LogP contribution >= 0.6 is 0 Å². The summed E-state index contributed by atoms with van der Waals surface area (Å²) >= 11 is 0. The molecular formula is C11H20O5. The lowest BCUT2D eigenvalue weighted by Crippen LogP contribution is -2.37. The molecule has 0 aromatic heterocycles. The Balaban J connectivity index is 4.31. The van der Waals surface area contributed by atoms with Crippen LogP contribution < -0.4 is 0 Å². The third-order valence-electron chi connectivity index (χ3n) is 1.79. The quantitative estimate of drug-likeness (QED) is 0.712. The maximum absolute atomic E-state index is 11.4. The molecule has 0 bridgehead atoms. The van der Waals surface area contributed by atoms with Crippen molar-refractivity contribution in [3.8, 4) is 0 Å². The van der Waals surface area contributed by atoms with E-state index in [1.54, 1.807) is 27.7 Å². The van der Waals surface area contributed by atoms with Gasteiger partial charge in [0.05, 0.1) is 18.1 Å². The first kappa shape index (κ1) is 14.9. The summed E-state index contributed by atoms with van der Waals surface area (Å²) in [5, 5.41) is 9.54. The van der Waals surface area contributed by atoms with E-state index in [1.165, 1.54) is 6.92 Å². The first-order chi connectivity index (χ1) is 7.25. The number of esters is 2. The Hall–Kier alpha value is -1.10. The molecule has 2 atom stereocenters. The highest BCUT2D eigenvalue weighted by Crippen LogP contribution is 2.10. The minimum atomic E-state index is -1.48. The topological polar surface area (TPSA) is 72.8 Å². The molecule has 0 aromatic carbocycles. The molecule has 0 amide bonds. The number of rotatable bonds is 5. The predicted molar refractivity (Wildman–Crippen MR) is 57.6 cm³/mol. The van der Waals surface area contributed by atoms with Crippen LogP contribution in [0.2, 0.25) is 0 Å². The van der Waals surface area contributed by atoms with Crippen LogP contribution in [-0.2, 0) is 19.1 Å². The van der Waals surface area contributed by atoms with E-state index in [0.717, 1.165) is 0 Å². The number of aliphatic hydroxyl groups is 1. The van der Waals surface area contributed by atoms with E-state index in [1.807, 2.05) is 0 Å². The molecule has 94 valence electrons. The van der Waals surface area contributed by atoms with Crippen LogP contribution in [0, 0.1) is 5.92 Å². The fraction of sp³-hybridized carbons (Fsp3) is 0.818. The molecule has 0 radical (unpaired) electrons. The molecule has 0 fully saturated rings. The van der Waals surface area contributed by atoms with Crippen molar-refractivity contribution in [2.45, 2.75) is 52.9 Å². The maximum Gasteiger partial charge on any atom is 0.336 e. The van der Waals surface area contributed by atoms with E-state index in [2.05, 4.69) is 0 Å². The van der Waals surface area contributed by atoms with E-state index in [0.29, 0.717) is 0 Å². The summed E-state index contributed by atoms with van der Waals surface area (Å²) in [4.78, 5) is 22.7. The van der Waals surface area contributed by atoms with Gasteiger partial charge in [-0.2, -0.15) is 0 Å². The lowest BCUT2D eigenvalue weighted by Gasteiger charge is -2.19. The molecule has 0 unspecified atom stereocenters. The summed E-state index contributed by atoms with van der Waals surface area (Å²) < 4.78 is 9.67. The van der Waals surface area contributed by atoms with Gasteiger partial charge in [-0.25, -0.2) is 4.79 Å². The van der Waals surface area contributed by atoms with Crippen LogP contribution in [0.5, 0.6) is 0 Å². The van der Waals surface area contributed by atoms with Crippen molar-refractivity contribution >= 4 is 11.9 Å². The average molecular weight is 232 g/mol. The highest BCUT2D eigenvalue weighted by Gasteiger charge is 2.31. The zero-order chi connectivity index (χ0) is 12.9. The molecule has 0 aliphatic rings. The van der Waals surface area contributed by atoms with Crippen LogP contribution in [0.25, 0.3) is 0 Å². The van der Waals surface area contributed by atoms with E-state index < -0.39 is 24.0 Å². The second-order valence-electron chi connectivity index (χ2n) is 4.20. The molecule has 0 saturated heterocycles. The Bertz CT molecular complexity index is 221. The van der Waals surface area contributed by atoms with Crippen molar-refractivity contribution in [1.82, 2.24) is 0 Å². The van der Waals surface area contributed by atoms with Gasteiger partial charge in [-0.1, -0.05) is 0 Å². The van der Waals surface area contributed by atoms with Crippen molar-refractivity contribution in [1.29, 1.82) is 0 Å². The molecule has 0 aromatic rings. The summed E-state index contributed by atoms with van der Waals surface area (Å²) in [5.74, 6) is -2.33. The van der Waals surface area contributed by atoms with Gasteiger partial charge in [0.1, 0.15) is 0 Å². The fourth-order valence-corrected chi connectivity index (χ4v) is 0.975. The van der Waals surface area contributed by atoms with Gasteiger partial charge >= 0.3 is 11.9 Å². The van der Waals surface area contributed by atoms with E-state index in [4.69, 9.17) is 9.47 Å². The molecule has 0 rings (SSSR count). The normalized spacial score (nSPS) is 14.8. The molecule has 0 saturated carbocycles. The Morgan fingerprint density at radius 3 is 1.62 bits per heavy atom. The first-order valence-corrected chi connectivity index (χ1v) is 5.34. The Morgan fingerprint density at radius 1 is 0.875 bits per heavy atom. The van der Waals surface area contributed by atoms with Gasteiger partial charge in [0.25, 0.3) is 0 Å². The largest absolute Gasteiger partial charge is 0.463 e. The molecule has 0 aliphatic carbocycles. The fourth-order valence-electron chi connectivity index (χ4n) is 0.975. The van der Waals surface area contributed by atoms with Gasteiger partial charge in [-0.05, 0) is 34.6 Å². The van der Waals surface area contributed by atoms with Gasteiger partial charge in [0, 0.05) is 0 Å². The third-order valence-corrected chi connectivity index (χ3v) is 1.79. The maximum atomic E-state index is 11.4. The minimum Gasteiger partial charge on any atom is -0.463 e. The lowest BCUT2D eigenvalue weighted by atomic mass is 10.1. The summed E-state index contributed by atoms with van der Waals surface area (Å²) in [7, 11) is 0. The van der Waals surface area contributed by atoms with E-state index in [-0.39, 0.29) is 12.2 Å². The highest BCUT2D eigenvalue weighted by molar-refractivity contribution is 5.83. The van der Waals surface area contributed by atoms with Gasteiger partial charge in [0.15, 0.2) is 6.10 Å². The van der Waals surface area contributed by atoms with Gasteiger partial charge < -0.3 is 14.6 Å². The Morgan fingerprint density at radius 2 is 1.25 bits per heavy atom. The van der Waals surface area contributed by atoms with Crippen molar-refractivity contribution in [2.75, 3.05) is 0 Å². The lowest BCUT2D eigenvalue weighted by molar-refractivity contribution is -0.169. The van der Waals surface area contributed by atoms with Crippen molar-refractivity contribution in [3.63, 3.8) is 0 Å². The van der Waals surface area contributed by atoms with Crippen LogP contribution in [0.3, 0.4) is 0 Å². The molecular weight excluding hydrogens is 212 g/mol. The van der Waals surface area contributed by atoms with Gasteiger partial charge in [-0.15, -0.1) is 0 Å². The molecule has 5 heteroatoms. The van der Waals surface area contributed by atoms with Crippen molar-refractivity contribution < 1.29 is 24.2 Å². The van der Waals surface area contributed by atoms with Crippen molar-refractivity contribution in [3.05, 3.63) is 0 Å². The molecule has 0 heterocycles. The van der Waals surface area contributed by atoms with Crippen LogP contribution in [0.15, 0.2) is 0 Å². The SMILES string of the molecule is CC(C)OC(=O)[C@@H](O)[C@@H](C)C(=O)OC(C)C. The standard InChI is InChI=1S/C11H20O5/c1-6(2)15-10(13)8(5)9(12)11(14)16-7(3)4/h6-9,12H,1-5H3/t8-,9+/m1/s1. The molecule has 5 nitrogen and oxygen atoms in total. The van der Waals surface area contributed by atoms with E-state index >= 15 is 0 Å². The van der Waals surface area contributed by atoms with Gasteiger partial charge in [-0.3, -0.25) is 4.79 Å². The van der Waals surface area contributed by atoms with Crippen LogP contribution in [-0.4, -0.2) is 35.4 Å². The number of hydrogen-bond donors (Lipinski definition) is 1. The van der Waals surface area contributed by atoms with Gasteiger partial charge in [0.2, 0.25) is 0 Å². The second kappa shape index (κ2) is 6.48. The Kier molecular flexibility index (Phi) is 6.03. The monoisotopic (exact) mass is 232 g/mol. The number of carbonyl (C=O) groups excluding carboxylic acids is 2. The minimum absolute atomic E-state index is 0.275. The number of ether oxygens (including phenoxy) is 2. The average Bonchev–Trinajstić information content (AvgIpc) is 2.13. The highest BCUT2D eigenvalue weighted by atomic mass is 16.6. The van der Waals surface area contributed by atoms with Crippen LogP contribution in [0.4, 0.5) is 0 Å². The smallest absolute Gasteiger partial charge is 0.336 e. The van der Waals surface area contributed by atoms with E-state index in [9.17, 15) is 14.7 Å². The summed E-state index contributed by atoms with van der Waals surface area (Å²) in [6.45, 7) is 8.16. The number of hydrogen-bond acceptors (Lipinski definition) is 5. The summed E-state index contributed by atoms with van der Waals surface area (Å²) in [6, 6.07) is 0. The zero-order valence-electron chi connectivity index (χ0n) is 10.4. The molecule has 0 spiro atoms. The number of aliphatic hydroxyl groups excluding tert-OH is 1. The molecule has 0 aliphatic heterocycles. The first-order valence-electron chi connectivity index (χ1n) is 5.34. The Labute approximate surface area is 95.7 Å². The third kappa shape index (κ3) is 5.11. The number of carbonyl (C=O) groups is 2. The second-order valence-corrected chi connectivity index (χ2v) is 4.20. The summed E-state index contributed by atoms with van der Waals surface area (Å²) in [6.07, 6.45) is -2.08. The predicted octanol–water partition coefficient (Wildman–Crippen LogP) is 0.887. The summed E-state index contributed by atoms with van der Waals surface area (Å²) in [5.41, 5.74) is 0. The molecule has 16 heavy (non-hydrogen) atoms. The molecule has 1 N–H and O–H groups in total. The zero-order valence-corrected chi connectivity index (χ0v) is 10.4. The van der Waals surface area contributed by atoms with Crippen molar-refractivity contribution in [2.24, 2.45) is 5.92 Å².